The van der Waals surface area contributed by atoms with Crippen molar-refractivity contribution in [3.05, 3.63) is 65.7 Å². The number of hydrogen-bond donors (Lipinski definition) is 0. The summed E-state index contributed by atoms with van der Waals surface area (Å²) in [5.74, 6) is -0.527. The molecule has 6 heteroatoms. The first kappa shape index (κ1) is 18.6. The van der Waals surface area contributed by atoms with Crippen LogP contribution in [0.15, 0.2) is 59.5 Å². The lowest BCUT2D eigenvalue weighted by atomic mass is 10.1. The van der Waals surface area contributed by atoms with Crippen LogP contribution in [0.1, 0.15) is 35.2 Å². The maximum absolute atomic E-state index is 12.5. The van der Waals surface area contributed by atoms with Crippen molar-refractivity contribution in [3.63, 3.8) is 0 Å². The van der Waals surface area contributed by atoms with Crippen LogP contribution in [-0.2, 0) is 19.0 Å². The second-order valence-corrected chi connectivity index (χ2v) is 8.13. The quantitative estimate of drug-likeness (QED) is 0.569. The van der Waals surface area contributed by atoms with E-state index in [1.165, 1.54) is 0 Å². The van der Waals surface area contributed by atoms with Crippen LogP contribution in [0.25, 0.3) is 0 Å². The van der Waals surface area contributed by atoms with Crippen molar-refractivity contribution in [2.24, 2.45) is 5.92 Å². The third-order valence-corrected chi connectivity index (χ3v) is 5.94. The first-order valence-corrected chi connectivity index (χ1v) is 10.1. The van der Waals surface area contributed by atoms with E-state index in [1.807, 2.05) is 13.0 Å². The molecule has 5 nitrogen and oxygen atoms in total. The second kappa shape index (κ2) is 8.01. The van der Waals surface area contributed by atoms with Gasteiger partial charge in [0.15, 0.2) is 0 Å². The lowest BCUT2D eigenvalue weighted by molar-refractivity contribution is 0.0346. The van der Waals surface area contributed by atoms with Crippen LogP contribution in [0.4, 0.5) is 0 Å². The van der Waals surface area contributed by atoms with E-state index in [9.17, 15) is 13.2 Å². The van der Waals surface area contributed by atoms with Gasteiger partial charge in [-0.15, -0.1) is 0 Å². The molecule has 0 saturated heterocycles. The van der Waals surface area contributed by atoms with Gasteiger partial charge in [0.2, 0.25) is 0 Å². The fourth-order valence-electron chi connectivity index (χ4n) is 3.08. The molecule has 0 amide bonds. The molecule has 138 valence electrons. The molecule has 0 heterocycles. The highest BCUT2D eigenvalue weighted by atomic mass is 32.2. The van der Waals surface area contributed by atoms with E-state index in [-0.39, 0.29) is 17.4 Å². The minimum atomic E-state index is -3.82. The van der Waals surface area contributed by atoms with Crippen molar-refractivity contribution in [3.8, 4) is 0 Å². The summed E-state index contributed by atoms with van der Waals surface area (Å²) in [4.78, 5) is 12.2. The SMILES string of the molecule is Cc1ccc(S(=O)(=O)O[C@@H]2CCC[C@@H]2COC(=O)c2ccccc2)cc1. The van der Waals surface area contributed by atoms with Crippen molar-refractivity contribution < 1.29 is 22.1 Å². The molecule has 0 bridgehead atoms. The summed E-state index contributed by atoms with van der Waals surface area (Å²) in [5.41, 5.74) is 1.46. The molecule has 2 aromatic rings. The van der Waals surface area contributed by atoms with Gasteiger partial charge in [-0.05, 0) is 44.0 Å². The summed E-state index contributed by atoms with van der Waals surface area (Å²) in [5, 5.41) is 0. The Kier molecular flexibility index (Phi) is 5.74. The molecule has 0 aliphatic heterocycles. The predicted octanol–water partition coefficient (Wildman–Crippen LogP) is 3.73. The Labute approximate surface area is 154 Å². The number of ether oxygens (including phenoxy) is 1. The smallest absolute Gasteiger partial charge is 0.338 e. The molecular weight excluding hydrogens is 352 g/mol. The van der Waals surface area contributed by atoms with Crippen LogP contribution >= 0.6 is 0 Å². The van der Waals surface area contributed by atoms with E-state index >= 15 is 0 Å². The van der Waals surface area contributed by atoms with Crippen LogP contribution in [0.3, 0.4) is 0 Å². The number of carbonyl (C=O) groups excluding carboxylic acids is 1. The van der Waals surface area contributed by atoms with E-state index < -0.39 is 22.2 Å². The maximum Gasteiger partial charge on any atom is 0.338 e. The van der Waals surface area contributed by atoms with Crippen LogP contribution < -0.4 is 0 Å². The van der Waals surface area contributed by atoms with Gasteiger partial charge in [-0.2, -0.15) is 8.42 Å². The van der Waals surface area contributed by atoms with E-state index in [0.717, 1.165) is 18.4 Å². The second-order valence-electron chi connectivity index (χ2n) is 6.56. The summed E-state index contributed by atoms with van der Waals surface area (Å²) < 4.78 is 35.8. The standard InChI is InChI=1S/C20H22O5S/c1-15-10-12-18(13-11-15)26(22,23)25-19-9-5-8-17(19)14-24-20(21)16-6-3-2-4-7-16/h2-4,6-7,10-13,17,19H,5,8-9,14H2,1H3/t17-,19-/m1/s1. The zero-order chi connectivity index (χ0) is 18.6. The molecule has 2 aromatic carbocycles. The summed E-state index contributed by atoms with van der Waals surface area (Å²) in [6.45, 7) is 2.05. The van der Waals surface area contributed by atoms with Crippen molar-refractivity contribution >= 4 is 16.1 Å². The summed E-state index contributed by atoms with van der Waals surface area (Å²) in [6.07, 6.45) is 1.79. The van der Waals surface area contributed by atoms with Crippen molar-refractivity contribution in [1.29, 1.82) is 0 Å². The normalized spacial score (nSPS) is 20.0. The number of rotatable bonds is 6. The van der Waals surface area contributed by atoms with Crippen molar-refractivity contribution in [1.82, 2.24) is 0 Å². The fraction of sp³-hybridized carbons (Fsp3) is 0.350. The van der Waals surface area contributed by atoms with E-state index in [2.05, 4.69) is 0 Å². The van der Waals surface area contributed by atoms with Crippen LogP contribution in [0.5, 0.6) is 0 Å². The predicted molar refractivity (Wildman–Crippen MR) is 97.3 cm³/mol. The molecule has 1 fully saturated rings. The van der Waals surface area contributed by atoms with Gasteiger partial charge in [-0.3, -0.25) is 4.18 Å². The largest absolute Gasteiger partial charge is 0.462 e. The average Bonchev–Trinajstić information content (AvgIpc) is 3.07. The minimum Gasteiger partial charge on any atom is -0.462 e. The molecule has 1 saturated carbocycles. The molecule has 2 atom stereocenters. The first-order valence-electron chi connectivity index (χ1n) is 8.68. The lowest BCUT2D eigenvalue weighted by Crippen LogP contribution is -2.26. The Morgan fingerprint density at radius 2 is 1.73 bits per heavy atom. The lowest BCUT2D eigenvalue weighted by Gasteiger charge is -2.19. The van der Waals surface area contributed by atoms with E-state index in [4.69, 9.17) is 8.92 Å². The van der Waals surface area contributed by atoms with E-state index in [0.29, 0.717) is 12.0 Å². The zero-order valence-corrected chi connectivity index (χ0v) is 15.4. The summed E-state index contributed by atoms with van der Waals surface area (Å²) in [7, 11) is -3.82. The Bertz CT molecular complexity index is 844. The molecule has 0 spiro atoms. The van der Waals surface area contributed by atoms with Crippen molar-refractivity contribution in [2.75, 3.05) is 6.61 Å². The average molecular weight is 374 g/mol. The number of hydrogen-bond acceptors (Lipinski definition) is 5. The molecule has 0 N–H and O–H groups in total. The monoisotopic (exact) mass is 374 g/mol. The molecule has 26 heavy (non-hydrogen) atoms. The highest BCUT2D eigenvalue weighted by Gasteiger charge is 2.33. The van der Waals surface area contributed by atoms with Gasteiger partial charge < -0.3 is 4.74 Å². The number of benzene rings is 2. The highest BCUT2D eigenvalue weighted by molar-refractivity contribution is 7.86. The van der Waals surface area contributed by atoms with E-state index in [1.54, 1.807) is 48.5 Å². The van der Waals surface area contributed by atoms with Gasteiger partial charge in [-0.1, -0.05) is 42.3 Å². The molecule has 0 unspecified atom stereocenters. The maximum atomic E-state index is 12.5. The molecule has 3 rings (SSSR count). The van der Waals surface area contributed by atoms with Gasteiger partial charge in [0, 0.05) is 5.92 Å². The van der Waals surface area contributed by atoms with Crippen LogP contribution in [0, 0.1) is 12.8 Å². The summed E-state index contributed by atoms with van der Waals surface area (Å²) >= 11 is 0. The minimum absolute atomic E-state index is 0.122. The van der Waals surface area contributed by atoms with Gasteiger partial charge in [-0.25, -0.2) is 4.79 Å². The van der Waals surface area contributed by atoms with Crippen molar-refractivity contribution in [2.45, 2.75) is 37.2 Å². The number of esters is 1. The van der Waals surface area contributed by atoms with Gasteiger partial charge in [0.05, 0.1) is 23.2 Å². The summed E-state index contributed by atoms with van der Waals surface area (Å²) in [6, 6.07) is 15.3. The van der Waals surface area contributed by atoms with Gasteiger partial charge in [0.1, 0.15) is 0 Å². The molecule has 0 radical (unpaired) electrons. The Morgan fingerprint density at radius 1 is 1.04 bits per heavy atom. The fourth-order valence-corrected chi connectivity index (χ4v) is 4.24. The topological polar surface area (TPSA) is 69.7 Å². The Hall–Kier alpha value is -2.18. The van der Waals surface area contributed by atoms with Crippen LogP contribution in [0.2, 0.25) is 0 Å². The number of carbonyl (C=O) groups is 1. The number of aryl methyl sites for hydroxylation is 1. The van der Waals surface area contributed by atoms with Gasteiger partial charge >= 0.3 is 5.97 Å². The third kappa shape index (κ3) is 4.51. The molecule has 1 aliphatic rings. The Balaban J connectivity index is 1.61. The van der Waals surface area contributed by atoms with Gasteiger partial charge in [0.25, 0.3) is 10.1 Å². The molecular formula is C20H22O5S. The molecule has 1 aliphatic carbocycles. The highest BCUT2D eigenvalue weighted by Crippen LogP contribution is 2.31. The zero-order valence-electron chi connectivity index (χ0n) is 14.6. The Morgan fingerprint density at radius 3 is 2.42 bits per heavy atom. The first-order chi connectivity index (χ1) is 12.5. The van der Waals surface area contributed by atoms with Crippen LogP contribution in [-0.4, -0.2) is 27.1 Å². The molecule has 0 aromatic heterocycles. The third-order valence-electron chi connectivity index (χ3n) is 4.59.